The molecule has 1 aliphatic rings. The molecule has 0 fully saturated rings. The smallest absolute Gasteiger partial charge is 0.224 e. The molecule has 0 atom stereocenters. The van der Waals surface area contributed by atoms with Gasteiger partial charge in [-0.05, 0) is 54.8 Å². The van der Waals surface area contributed by atoms with Crippen LogP contribution in [0.4, 0.5) is 5.69 Å². The van der Waals surface area contributed by atoms with Crippen molar-refractivity contribution in [2.45, 2.75) is 24.2 Å². The van der Waals surface area contributed by atoms with E-state index in [-0.39, 0.29) is 28.2 Å². The first-order chi connectivity index (χ1) is 12.3. The lowest BCUT2D eigenvalue weighted by molar-refractivity contribution is -0.116. The van der Waals surface area contributed by atoms with Gasteiger partial charge in [0, 0.05) is 12.1 Å². The molecule has 2 aromatic carbocycles. The number of amides is 1. The van der Waals surface area contributed by atoms with Crippen molar-refractivity contribution in [2.75, 3.05) is 17.7 Å². The lowest BCUT2D eigenvalue weighted by Crippen LogP contribution is -2.18. The van der Waals surface area contributed by atoms with E-state index in [4.69, 9.17) is 27.9 Å². The predicted octanol–water partition coefficient (Wildman–Crippen LogP) is 4.12. The molecule has 0 radical (unpaired) electrons. The van der Waals surface area contributed by atoms with Crippen LogP contribution in [-0.2, 0) is 21.1 Å². The van der Waals surface area contributed by atoms with Crippen molar-refractivity contribution in [3.05, 3.63) is 52.0 Å². The first-order valence-electron chi connectivity index (χ1n) is 8.08. The van der Waals surface area contributed by atoms with Gasteiger partial charge in [0.05, 0.1) is 27.3 Å². The number of aryl methyl sites for hydroxylation is 1. The Bertz CT molecular complexity index is 944. The van der Waals surface area contributed by atoms with Crippen molar-refractivity contribution >= 4 is 44.6 Å². The van der Waals surface area contributed by atoms with Gasteiger partial charge in [0.25, 0.3) is 0 Å². The van der Waals surface area contributed by atoms with Crippen LogP contribution in [0, 0.1) is 0 Å². The third kappa shape index (κ3) is 4.50. The van der Waals surface area contributed by atoms with Crippen molar-refractivity contribution in [1.29, 1.82) is 0 Å². The van der Waals surface area contributed by atoms with E-state index in [0.29, 0.717) is 30.0 Å². The van der Waals surface area contributed by atoms with Gasteiger partial charge in [-0.25, -0.2) is 8.42 Å². The molecule has 0 unspecified atom stereocenters. The summed E-state index contributed by atoms with van der Waals surface area (Å²) in [5.74, 6) is 0.622. The standard InChI is InChI=1S/C18H17Cl2NO4S/c19-15-5-4-14(11-16(15)20)26(23,24)9-1-8-25-13-3-6-17-12(10-13)2-7-18(22)21-17/h3-6,10-11H,1-2,7-9H2,(H,21,22). The highest BCUT2D eigenvalue weighted by molar-refractivity contribution is 7.91. The number of benzene rings is 2. The zero-order valence-electron chi connectivity index (χ0n) is 13.8. The van der Waals surface area contributed by atoms with E-state index in [9.17, 15) is 13.2 Å². The Balaban J connectivity index is 1.55. The molecule has 2 aromatic rings. The molecular formula is C18H17Cl2NO4S. The minimum atomic E-state index is -3.45. The van der Waals surface area contributed by atoms with Crippen LogP contribution in [0.2, 0.25) is 10.0 Å². The number of ether oxygens (including phenoxy) is 1. The Morgan fingerprint density at radius 2 is 1.85 bits per heavy atom. The van der Waals surface area contributed by atoms with Crippen LogP contribution in [-0.4, -0.2) is 26.7 Å². The molecule has 3 rings (SSSR count). The summed E-state index contributed by atoms with van der Waals surface area (Å²) < 4.78 is 30.3. The van der Waals surface area contributed by atoms with Gasteiger partial charge in [-0.2, -0.15) is 0 Å². The van der Waals surface area contributed by atoms with E-state index >= 15 is 0 Å². The number of fused-ring (bicyclic) bond motifs is 1. The summed E-state index contributed by atoms with van der Waals surface area (Å²) in [7, 11) is -3.45. The molecule has 1 N–H and O–H groups in total. The maximum absolute atomic E-state index is 12.3. The Morgan fingerprint density at radius 3 is 2.62 bits per heavy atom. The second-order valence-corrected chi connectivity index (χ2v) is 8.89. The maximum atomic E-state index is 12.3. The van der Waals surface area contributed by atoms with Crippen LogP contribution in [0.25, 0.3) is 0 Å². The first-order valence-corrected chi connectivity index (χ1v) is 10.5. The fourth-order valence-electron chi connectivity index (χ4n) is 2.68. The average Bonchev–Trinajstić information content (AvgIpc) is 2.61. The van der Waals surface area contributed by atoms with Gasteiger partial charge in [-0.1, -0.05) is 23.2 Å². The summed E-state index contributed by atoms with van der Waals surface area (Å²) in [5, 5.41) is 3.34. The monoisotopic (exact) mass is 413 g/mol. The van der Waals surface area contributed by atoms with Crippen LogP contribution < -0.4 is 10.1 Å². The number of rotatable bonds is 6. The van der Waals surface area contributed by atoms with E-state index in [0.717, 1.165) is 11.3 Å². The molecular weight excluding hydrogens is 397 g/mol. The summed E-state index contributed by atoms with van der Waals surface area (Å²) >= 11 is 11.7. The molecule has 1 heterocycles. The van der Waals surface area contributed by atoms with Gasteiger partial charge < -0.3 is 10.1 Å². The number of carbonyl (C=O) groups is 1. The van der Waals surface area contributed by atoms with Crippen molar-refractivity contribution in [3.63, 3.8) is 0 Å². The van der Waals surface area contributed by atoms with E-state index in [2.05, 4.69) is 5.32 Å². The van der Waals surface area contributed by atoms with Gasteiger partial charge >= 0.3 is 0 Å². The predicted molar refractivity (Wildman–Crippen MR) is 102 cm³/mol. The second-order valence-electron chi connectivity index (χ2n) is 5.96. The SMILES string of the molecule is O=C1CCc2cc(OCCCS(=O)(=O)c3ccc(Cl)c(Cl)c3)ccc2N1. The first kappa shape index (κ1) is 19.0. The number of carbonyl (C=O) groups excluding carboxylic acids is 1. The highest BCUT2D eigenvalue weighted by Gasteiger charge is 2.17. The summed E-state index contributed by atoms with van der Waals surface area (Å²) in [6.07, 6.45) is 1.47. The van der Waals surface area contributed by atoms with Gasteiger partial charge in [0.1, 0.15) is 5.75 Å². The normalized spacial score (nSPS) is 13.8. The number of anilines is 1. The summed E-state index contributed by atoms with van der Waals surface area (Å²) in [5.41, 5.74) is 1.82. The molecule has 1 amide bonds. The van der Waals surface area contributed by atoms with Crippen molar-refractivity contribution in [3.8, 4) is 5.75 Å². The fraction of sp³-hybridized carbons (Fsp3) is 0.278. The van der Waals surface area contributed by atoms with Gasteiger partial charge in [0.15, 0.2) is 9.84 Å². The Morgan fingerprint density at radius 1 is 1.04 bits per heavy atom. The van der Waals surface area contributed by atoms with Crippen molar-refractivity contribution < 1.29 is 17.9 Å². The average molecular weight is 414 g/mol. The van der Waals surface area contributed by atoms with E-state index in [1.165, 1.54) is 18.2 Å². The highest BCUT2D eigenvalue weighted by Crippen LogP contribution is 2.27. The molecule has 5 nitrogen and oxygen atoms in total. The summed E-state index contributed by atoms with van der Waals surface area (Å²) in [6.45, 7) is 0.270. The minimum absolute atomic E-state index is 0.0127. The third-order valence-corrected chi connectivity index (χ3v) is 6.59. The molecule has 0 bridgehead atoms. The third-order valence-electron chi connectivity index (χ3n) is 4.05. The lowest BCUT2D eigenvalue weighted by atomic mass is 10.0. The second kappa shape index (κ2) is 7.86. The van der Waals surface area contributed by atoms with E-state index in [1.54, 1.807) is 12.1 Å². The zero-order chi connectivity index (χ0) is 18.7. The molecule has 26 heavy (non-hydrogen) atoms. The summed E-state index contributed by atoms with van der Waals surface area (Å²) in [4.78, 5) is 11.5. The fourth-order valence-corrected chi connectivity index (χ4v) is 4.35. The number of hydrogen-bond donors (Lipinski definition) is 1. The molecule has 0 aliphatic carbocycles. The van der Waals surface area contributed by atoms with Gasteiger partial charge in [-0.3, -0.25) is 4.79 Å². The lowest BCUT2D eigenvalue weighted by Gasteiger charge is -2.17. The molecule has 0 saturated carbocycles. The Labute approximate surface area is 162 Å². The quantitative estimate of drug-likeness (QED) is 0.722. The largest absolute Gasteiger partial charge is 0.494 e. The molecule has 0 aromatic heterocycles. The molecule has 138 valence electrons. The highest BCUT2D eigenvalue weighted by atomic mass is 35.5. The van der Waals surface area contributed by atoms with Gasteiger partial charge in [-0.15, -0.1) is 0 Å². The van der Waals surface area contributed by atoms with Crippen LogP contribution in [0.1, 0.15) is 18.4 Å². The molecule has 0 saturated heterocycles. The molecule has 0 spiro atoms. The van der Waals surface area contributed by atoms with Crippen molar-refractivity contribution in [2.24, 2.45) is 0 Å². The maximum Gasteiger partial charge on any atom is 0.224 e. The number of hydrogen-bond acceptors (Lipinski definition) is 4. The van der Waals surface area contributed by atoms with E-state index in [1.807, 2.05) is 6.07 Å². The van der Waals surface area contributed by atoms with Crippen molar-refractivity contribution in [1.82, 2.24) is 0 Å². The Hall–Kier alpha value is -1.76. The number of halogens is 2. The molecule has 8 heteroatoms. The number of nitrogens with one attached hydrogen (secondary N) is 1. The minimum Gasteiger partial charge on any atom is -0.494 e. The van der Waals surface area contributed by atoms with Gasteiger partial charge in [0.2, 0.25) is 5.91 Å². The van der Waals surface area contributed by atoms with Crippen LogP contribution in [0.15, 0.2) is 41.3 Å². The number of sulfone groups is 1. The topological polar surface area (TPSA) is 72.5 Å². The zero-order valence-corrected chi connectivity index (χ0v) is 16.1. The summed E-state index contributed by atoms with van der Waals surface area (Å²) in [6, 6.07) is 9.72. The van der Waals surface area contributed by atoms with Crippen LogP contribution in [0.3, 0.4) is 0 Å². The van der Waals surface area contributed by atoms with E-state index < -0.39 is 9.84 Å². The Kier molecular flexibility index (Phi) is 5.75. The van der Waals surface area contributed by atoms with Crippen LogP contribution in [0.5, 0.6) is 5.75 Å². The van der Waals surface area contributed by atoms with Crippen LogP contribution >= 0.6 is 23.2 Å². The molecule has 1 aliphatic heterocycles.